The van der Waals surface area contributed by atoms with Crippen LogP contribution >= 0.6 is 0 Å². The van der Waals surface area contributed by atoms with Crippen LogP contribution in [0.3, 0.4) is 0 Å². The number of aliphatic imine (C=N–C) groups is 1. The van der Waals surface area contributed by atoms with Gasteiger partial charge in [0.2, 0.25) is 11.8 Å². The molecule has 1 atom stereocenters. The third-order valence-electron chi connectivity index (χ3n) is 6.95. The number of amidine groups is 1. The molecule has 5 heterocycles. The number of imide groups is 1. The molecule has 2 N–H and O–H groups in total. The van der Waals surface area contributed by atoms with Crippen LogP contribution in [-0.2, 0) is 28.0 Å². The van der Waals surface area contributed by atoms with Crippen LogP contribution in [-0.4, -0.2) is 53.1 Å². The van der Waals surface area contributed by atoms with Crippen LogP contribution in [0.2, 0.25) is 0 Å². The lowest BCUT2D eigenvalue weighted by atomic mass is 9.82. The summed E-state index contributed by atoms with van der Waals surface area (Å²) < 4.78 is 21.1. The first-order valence-electron chi connectivity index (χ1n) is 11.5. The van der Waals surface area contributed by atoms with Gasteiger partial charge in [0.1, 0.15) is 34.1 Å². The van der Waals surface area contributed by atoms with E-state index >= 15 is 0 Å². The van der Waals surface area contributed by atoms with Gasteiger partial charge in [0.25, 0.3) is 5.91 Å². The number of pyridine rings is 1. The second-order valence-corrected chi connectivity index (χ2v) is 9.10. The minimum absolute atomic E-state index is 0.0347. The number of halogens is 1. The number of carbonyl (C=O) groups is 3. The van der Waals surface area contributed by atoms with Crippen LogP contribution in [0, 0.1) is 5.82 Å². The molecule has 0 unspecified atom stereocenters. The summed E-state index contributed by atoms with van der Waals surface area (Å²) in [5.74, 6) is -1.09. The van der Waals surface area contributed by atoms with Gasteiger partial charge < -0.3 is 14.6 Å². The first-order chi connectivity index (χ1) is 16.9. The normalized spacial score (nSPS) is 21.5. The number of rotatable bonds is 5. The second kappa shape index (κ2) is 7.72. The predicted molar refractivity (Wildman–Crippen MR) is 123 cm³/mol. The highest BCUT2D eigenvalue weighted by atomic mass is 19.1. The number of benzene rings is 1. The Morgan fingerprint density at radius 2 is 2.09 bits per heavy atom. The van der Waals surface area contributed by atoms with Crippen LogP contribution in [0.1, 0.15) is 46.3 Å². The Balaban J connectivity index is 1.39. The summed E-state index contributed by atoms with van der Waals surface area (Å²) in [7, 11) is 0. The summed E-state index contributed by atoms with van der Waals surface area (Å²) in [6, 6.07) is 6.84. The average molecular weight is 475 g/mol. The Hall–Kier alpha value is -4.08. The fraction of sp³-hybridized carbons (Fsp3) is 0.320. The molecule has 178 valence electrons. The molecular formula is C25H22FN5O4. The summed E-state index contributed by atoms with van der Waals surface area (Å²) in [5.41, 5.74) is 0.734. The van der Waals surface area contributed by atoms with Crippen LogP contribution in [0.25, 0.3) is 11.0 Å². The summed E-state index contributed by atoms with van der Waals surface area (Å²) >= 11 is 0. The number of aryl methyl sites for hydroxylation is 1. The lowest BCUT2D eigenvalue weighted by Crippen LogP contribution is -2.46. The van der Waals surface area contributed by atoms with Crippen molar-refractivity contribution in [2.24, 2.45) is 4.99 Å². The largest absolute Gasteiger partial charge is 0.460 e. The average Bonchev–Trinajstić information content (AvgIpc) is 3.61. The number of nitrogens with zero attached hydrogens (tertiary/aromatic N) is 3. The van der Waals surface area contributed by atoms with Crippen LogP contribution in [0.15, 0.2) is 39.9 Å². The molecule has 35 heavy (non-hydrogen) atoms. The minimum atomic E-state index is -1.43. The van der Waals surface area contributed by atoms with Gasteiger partial charge in [0.05, 0.1) is 18.5 Å². The van der Waals surface area contributed by atoms with E-state index in [4.69, 9.17) is 4.42 Å². The van der Waals surface area contributed by atoms with Gasteiger partial charge in [-0.1, -0.05) is 19.1 Å². The van der Waals surface area contributed by atoms with Gasteiger partial charge >= 0.3 is 0 Å². The van der Waals surface area contributed by atoms with Gasteiger partial charge in [-0.3, -0.25) is 29.7 Å². The van der Waals surface area contributed by atoms with Gasteiger partial charge in [0.15, 0.2) is 0 Å². The van der Waals surface area contributed by atoms with E-state index in [-0.39, 0.29) is 30.8 Å². The molecule has 0 aliphatic carbocycles. The van der Waals surface area contributed by atoms with Crippen LogP contribution in [0.5, 0.6) is 0 Å². The number of carbonyl (C=O) groups excluding carboxylic acids is 3. The molecule has 6 rings (SSSR count). The Kier molecular flexibility index (Phi) is 4.73. The molecule has 1 fully saturated rings. The maximum atomic E-state index is 15.0. The Morgan fingerprint density at radius 1 is 1.23 bits per heavy atom. The van der Waals surface area contributed by atoms with Crippen molar-refractivity contribution in [1.82, 2.24) is 20.5 Å². The maximum absolute atomic E-state index is 15.0. The Morgan fingerprint density at radius 3 is 2.80 bits per heavy atom. The van der Waals surface area contributed by atoms with E-state index in [0.29, 0.717) is 46.6 Å². The highest BCUT2D eigenvalue weighted by Crippen LogP contribution is 2.39. The van der Waals surface area contributed by atoms with Crippen molar-refractivity contribution in [3.8, 4) is 0 Å². The SMILES string of the molecule is CCc1ccc2c(c1F)C(=O)N(C[C@@]1(c3cc4cnc(C5=NCCN5)cc4o3)CC(=O)NC1=O)C2. The van der Waals surface area contributed by atoms with Gasteiger partial charge in [0, 0.05) is 37.3 Å². The summed E-state index contributed by atoms with van der Waals surface area (Å²) in [4.78, 5) is 48.9. The molecule has 3 aliphatic rings. The second-order valence-electron chi connectivity index (χ2n) is 9.10. The Labute approximate surface area is 199 Å². The number of hydrogen-bond acceptors (Lipinski definition) is 7. The minimum Gasteiger partial charge on any atom is -0.460 e. The topological polar surface area (TPSA) is 117 Å². The predicted octanol–water partition coefficient (Wildman–Crippen LogP) is 1.82. The van der Waals surface area contributed by atoms with E-state index in [0.717, 1.165) is 6.54 Å². The van der Waals surface area contributed by atoms with Crippen molar-refractivity contribution in [3.63, 3.8) is 0 Å². The summed E-state index contributed by atoms with van der Waals surface area (Å²) in [6.45, 7) is 3.25. The van der Waals surface area contributed by atoms with Gasteiger partial charge in [-0.05, 0) is 23.6 Å². The van der Waals surface area contributed by atoms with E-state index in [1.54, 1.807) is 30.5 Å². The van der Waals surface area contributed by atoms with Gasteiger partial charge in [-0.15, -0.1) is 0 Å². The molecule has 0 saturated carbocycles. The molecule has 0 spiro atoms. The van der Waals surface area contributed by atoms with Gasteiger partial charge in [-0.2, -0.15) is 0 Å². The maximum Gasteiger partial charge on any atom is 0.257 e. The number of hydrogen-bond donors (Lipinski definition) is 2. The number of aromatic nitrogens is 1. The quantitative estimate of drug-likeness (QED) is 0.544. The highest BCUT2D eigenvalue weighted by Gasteiger charge is 2.53. The summed E-state index contributed by atoms with van der Waals surface area (Å²) in [6.07, 6.45) is 1.91. The number of amides is 3. The fourth-order valence-corrected chi connectivity index (χ4v) is 5.10. The smallest absolute Gasteiger partial charge is 0.257 e. The van der Waals surface area contributed by atoms with E-state index < -0.39 is 29.0 Å². The molecule has 2 aromatic heterocycles. The molecule has 1 aromatic carbocycles. The molecule has 10 heteroatoms. The molecule has 9 nitrogen and oxygen atoms in total. The van der Waals surface area contributed by atoms with E-state index in [2.05, 4.69) is 20.6 Å². The standard InChI is InChI=1S/C25H22FN5O4/c1-2-13-3-4-14-11-31(23(33)20(14)21(13)26)12-25(9-19(32)30-24(25)34)18-7-15-10-29-16(8-17(15)35-18)22-27-5-6-28-22/h3-4,7-8,10H,2,5-6,9,11-12H2,1H3,(H,27,28)(H,30,32,34)/t25-/m1/s1. The molecular weight excluding hydrogens is 453 g/mol. The number of nitrogens with one attached hydrogen (secondary N) is 2. The Bertz CT molecular complexity index is 1460. The van der Waals surface area contributed by atoms with Crippen molar-refractivity contribution >= 4 is 34.5 Å². The van der Waals surface area contributed by atoms with Crippen molar-refractivity contribution in [2.75, 3.05) is 19.6 Å². The van der Waals surface area contributed by atoms with Crippen LogP contribution in [0.4, 0.5) is 4.39 Å². The monoisotopic (exact) mass is 475 g/mol. The van der Waals surface area contributed by atoms with E-state index in [9.17, 15) is 18.8 Å². The molecule has 3 aromatic rings. The third kappa shape index (κ3) is 3.23. The number of fused-ring (bicyclic) bond motifs is 2. The first kappa shape index (κ1) is 21.5. The zero-order chi connectivity index (χ0) is 24.3. The first-order valence-corrected chi connectivity index (χ1v) is 11.5. The fourth-order valence-electron chi connectivity index (χ4n) is 5.10. The van der Waals surface area contributed by atoms with E-state index in [1.807, 2.05) is 6.92 Å². The van der Waals surface area contributed by atoms with Crippen molar-refractivity contribution in [3.05, 3.63) is 64.4 Å². The van der Waals surface area contributed by atoms with Crippen LogP contribution < -0.4 is 10.6 Å². The molecule has 3 aliphatic heterocycles. The van der Waals surface area contributed by atoms with Crippen molar-refractivity contribution in [2.45, 2.75) is 31.7 Å². The van der Waals surface area contributed by atoms with Crippen molar-refractivity contribution < 1.29 is 23.2 Å². The van der Waals surface area contributed by atoms with Crippen molar-refractivity contribution in [1.29, 1.82) is 0 Å². The molecule has 3 amide bonds. The number of furan rings is 1. The lowest BCUT2D eigenvalue weighted by molar-refractivity contribution is -0.127. The zero-order valence-electron chi connectivity index (χ0n) is 19.0. The summed E-state index contributed by atoms with van der Waals surface area (Å²) in [5, 5.41) is 6.16. The molecule has 1 saturated heterocycles. The zero-order valence-corrected chi connectivity index (χ0v) is 19.0. The lowest BCUT2D eigenvalue weighted by Gasteiger charge is -2.28. The molecule has 0 radical (unpaired) electrons. The molecule has 0 bridgehead atoms. The third-order valence-corrected chi connectivity index (χ3v) is 6.95. The van der Waals surface area contributed by atoms with Gasteiger partial charge in [-0.25, -0.2) is 4.39 Å². The van der Waals surface area contributed by atoms with E-state index in [1.165, 1.54) is 4.90 Å². The highest BCUT2D eigenvalue weighted by molar-refractivity contribution is 6.10.